The van der Waals surface area contributed by atoms with Gasteiger partial charge in [-0.2, -0.15) is 5.26 Å². The van der Waals surface area contributed by atoms with Crippen LogP contribution in [0.1, 0.15) is 11.1 Å². The summed E-state index contributed by atoms with van der Waals surface area (Å²) in [5, 5.41) is 9.45. The molecule has 0 fully saturated rings. The highest BCUT2D eigenvalue weighted by Gasteiger charge is 2.10. The van der Waals surface area contributed by atoms with Crippen molar-refractivity contribution in [2.75, 3.05) is 0 Å². The summed E-state index contributed by atoms with van der Waals surface area (Å²) in [4.78, 5) is 0. The van der Waals surface area contributed by atoms with Gasteiger partial charge >= 0.3 is 0 Å². The van der Waals surface area contributed by atoms with Gasteiger partial charge in [-0.3, -0.25) is 0 Å². The van der Waals surface area contributed by atoms with Gasteiger partial charge in [0.05, 0.1) is 9.50 Å². The Morgan fingerprint density at radius 2 is 2.00 bits per heavy atom. The number of nitrogens with zero attached hydrogens (tertiary/aromatic N) is 1. The monoisotopic (exact) mass is 321 g/mol. The van der Waals surface area contributed by atoms with Gasteiger partial charge in [0, 0.05) is 0 Å². The van der Waals surface area contributed by atoms with Crippen LogP contribution in [0.3, 0.4) is 0 Å². The molecule has 0 aliphatic rings. The van der Waals surface area contributed by atoms with E-state index in [9.17, 15) is 0 Å². The van der Waals surface area contributed by atoms with E-state index < -0.39 is 0 Å². The van der Waals surface area contributed by atoms with Crippen molar-refractivity contribution in [2.24, 2.45) is 0 Å². The van der Waals surface area contributed by atoms with Crippen molar-refractivity contribution in [3.63, 3.8) is 0 Å². The maximum Gasteiger partial charge on any atom is 0.146 e. The van der Waals surface area contributed by atoms with Crippen LogP contribution in [0.15, 0.2) is 40.9 Å². The van der Waals surface area contributed by atoms with Gasteiger partial charge in [-0.05, 0) is 52.7 Å². The van der Waals surface area contributed by atoms with E-state index in [4.69, 9.17) is 21.6 Å². The van der Waals surface area contributed by atoms with Gasteiger partial charge in [0.15, 0.2) is 0 Å². The van der Waals surface area contributed by atoms with Crippen LogP contribution in [-0.4, -0.2) is 0 Å². The normalized spacial score (nSPS) is 9.89. The highest BCUT2D eigenvalue weighted by atomic mass is 79.9. The Labute approximate surface area is 119 Å². The standard InChI is InChI=1S/C14H9BrClNO/c1-9-5-6-14(11(15)7-9)18-13-4-2-3-12(16)10(13)8-17/h2-7H,1H3. The predicted molar refractivity (Wildman–Crippen MR) is 75.1 cm³/mol. The van der Waals surface area contributed by atoms with Crippen LogP contribution < -0.4 is 4.74 Å². The molecule has 0 atom stereocenters. The van der Waals surface area contributed by atoms with Crippen LogP contribution >= 0.6 is 27.5 Å². The number of benzene rings is 2. The van der Waals surface area contributed by atoms with Crippen molar-refractivity contribution in [2.45, 2.75) is 6.92 Å². The van der Waals surface area contributed by atoms with Crippen LogP contribution in [-0.2, 0) is 0 Å². The van der Waals surface area contributed by atoms with Gasteiger partial charge in [0.25, 0.3) is 0 Å². The Kier molecular flexibility index (Phi) is 3.90. The Morgan fingerprint density at radius 3 is 2.67 bits per heavy atom. The fourth-order valence-electron chi connectivity index (χ4n) is 1.51. The van der Waals surface area contributed by atoms with Crippen molar-refractivity contribution in [3.05, 3.63) is 57.0 Å². The number of nitriles is 1. The van der Waals surface area contributed by atoms with Crippen molar-refractivity contribution >= 4 is 27.5 Å². The molecule has 0 aromatic heterocycles. The number of aryl methyl sites for hydroxylation is 1. The zero-order valence-electron chi connectivity index (χ0n) is 9.58. The molecule has 0 heterocycles. The molecule has 2 nitrogen and oxygen atoms in total. The van der Waals surface area contributed by atoms with Crippen LogP contribution in [0.2, 0.25) is 5.02 Å². The maximum atomic E-state index is 9.06. The second-order valence-corrected chi connectivity index (χ2v) is 5.02. The van der Waals surface area contributed by atoms with E-state index in [0.717, 1.165) is 10.0 Å². The molecule has 2 rings (SSSR count). The molecule has 0 N–H and O–H groups in total. The summed E-state index contributed by atoms with van der Waals surface area (Å²) < 4.78 is 6.55. The molecular formula is C14H9BrClNO. The van der Waals surface area contributed by atoms with E-state index in [1.165, 1.54) is 0 Å². The van der Waals surface area contributed by atoms with Gasteiger partial charge in [-0.25, -0.2) is 0 Å². The first kappa shape index (κ1) is 12.9. The smallest absolute Gasteiger partial charge is 0.146 e. The lowest BCUT2D eigenvalue weighted by molar-refractivity contribution is 0.478. The quantitative estimate of drug-likeness (QED) is 0.773. The lowest BCUT2D eigenvalue weighted by atomic mass is 10.2. The minimum absolute atomic E-state index is 0.339. The SMILES string of the molecule is Cc1ccc(Oc2cccc(Cl)c2C#N)c(Br)c1. The first-order chi connectivity index (χ1) is 8.61. The average Bonchev–Trinajstić information content (AvgIpc) is 2.33. The van der Waals surface area contributed by atoms with Crippen molar-refractivity contribution in [3.8, 4) is 17.6 Å². The first-order valence-corrected chi connectivity index (χ1v) is 6.41. The molecule has 90 valence electrons. The van der Waals surface area contributed by atoms with Crippen molar-refractivity contribution in [1.29, 1.82) is 5.26 Å². The highest BCUT2D eigenvalue weighted by molar-refractivity contribution is 9.10. The summed E-state index contributed by atoms with van der Waals surface area (Å²) in [6.45, 7) is 1.99. The molecule has 0 saturated heterocycles. The molecular weight excluding hydrogens is 314 g/mol. The second-order valence-electron chi connectivity index (χ2n) is 3.76. The van der Waals surface area contributed by atoms with Crippen LogP contribution in [0.5, 0.6) is 11.5 Å². The Balaban J connectivity index is 2.41. The minimum Gasteiger partial charge on any atom is -0.455 e. The molecule has 0 unspecified atom stereocenters. The largest absolute Gasteiger partial charge is 0.455 e. The summed E-state index contributed by atoms with van der Waals surface area (Å²) in [7, 11) is 0. The van der Waals surface area contributed by atoms with E-state index in [2.05, 4.69) is 15.9 Å². The number of halogens is 2. The summed E-state index contributed by atoms with van der Waals surface area (Å²) in [5.41, 5.74) is 1.47. The predicted octanol–water partition coefficient (Wildman–Crippen LogP) is 5.07. The van der Waals surface area contributed by atoms with E-state index >= 15 is 0 Å². The van der Waals surface area contributed by atoms with E-state index in [0.29, 0.717) is 22.1 Å². The molecule has 0 aliphatic heterocycles. The Bertz CT molecular complexity index is 634. The number of hydrogen-bond acceptors (Lipinski definition) is 2. The number of hydrogen-bond donors (Lipinski definition) is 0. The van der Waals surface area contributed by atoms with Gasteiger partial charge in [-0.1, -0.05) is 23.7 Å². The summed E-state index contributed by atoms with van der Waals surface area (Å²) >= 11 is 9.38. The van der Waals surface area contributed by atoms with Gasteiger partial charge in [-0.15, -0.1) is 0 Å². The van der Waals surface area contributed by atoms with Crippen LogP contribution in [0, 0.1) is 18.3 Å². The zero-order chi connectivity index (χ0) is 13.1. The number of rotatable bonds is 2. The zero-order valence-corrected chi connectivity index (χ0v) is 11.9. The van der Waals surface area contributed by atoms with E-state index in [1.807, 2.05) is 31.2 Å². The summed E-state index contributed by atoms with van der Waals surface area (Å²) in [5.74, 6) is 1.11. The van der Waals surface area contributed by atoms with Crippen LogP contribution in [0.4, 0.5) is 0 Å². The molecule has 0 radical (unpaired) electrons. The molecule has 2 aromatic rings. The fourth-order valence-corrected chi connectivity index (χ4v) is 2.29. The highest BCUT2D eigenvalue weighted by Crippen LogP contribution is 2.34. The summed E-state index contributed by atoms with van der Waals surface area (Å²) in [6.07, 6.45) is 0. The molecule has 0 amide bonds. The first-order valence-electron chi connectivity index (χ1n) is 5.24. The average molecular weight is 323 g/mol. The Morgan fingerprint density at radius 1 is 1.22 bits per heavy atom. The number of ether oxygens (including phenoxy) is 1. The summed E-state index contributed by atoms with van der Waals surface area (Å²) in [6, 6.07) is 12.9. The fraction of sp³-hybridized carbons (Fsp3) is 0.0714. The lowest BCUT2D eigenvalue weighted by Gasteiger charge is -2.10. The molecule has 4 heteroatoms. The topological polar surface area (TPSA) is 33.0 Å². The molecule has 18 heavy (non-hydrogen) atoms. The van der Waals surface area contributed by atoms with Crippen molar-refractivity contribution in [1.82, 2.24) is 0 Å². The third-order valence-corrected chi connectivity index (χ3v) is 3.33. The minimum atomic E-state index is 0.339. The van der Waals surface area contributed by atoms with E-state index in [-0.39, 0.29) is 0 Å². The lowest BCUT2D eigenvalue weighted by Crippen LogP contribution is -1.90. The van der Waals surface area contributed by atoms with Gasteiger partial charge in [0.2, 0.25) is 0 Å². The third-order valence-electron chi connectivity index (χ3n) is 2.39. The molecule has 0 bridgehead atoms. The molecule has 2 aromatic carbocycles. The third kappa shape index (κ3) is 2.66. The Hall–Kier alpha value is -1.50. The maximum absolute atomic E-state index is 9.06. The van der Waals surface area contributed by atoms with Gasteiger partial charge < -0.3 is 4.74 Å². The van der Waals surface area contributed by atoms with E-state index in [1.54, 1.807) is 18.2 Å². The van der Waals surface area contributed by atoms with Crippen molar-refractivity contribution < 1.29 is 4.74 Å². The molecule has 0 saturated carbocycles. The molecule has 0 spiro atoms. The van der Waals surface area contributed by atoms with Gasteiger partial charge in [0.1, 0.15) is 23.1 Å². The second kappa shape index (κ2) is 5.43. The molecule has 0 aliphatic carbocycles. The van der Waals surface area contributed by atoms with Crippen LogP contribution in [0.25, 0.3) is 0 Å².